The number of aryl methyl sites for hydroxylation is 1. The van der Waals surface area contributed by atoms with Gasteiger partial charge < -0.3 is 20.8 Å². The van der Waals surface area contributed by atoms with E-state index in [0.29, 0.717) is 19.6 Å². The van der Waals surface area contributed by atoms with Crippen molar-refractivity contribution >= 4 is 86.4 Å². The third kappa shape index (κ3) is 8.54. The predicted molar refractivity (Wildman–Crippen MR) is 124 cm³/mol. The van der Waals surface area contributed by atoms with Gasteiger partial charge in [0.15, 0.2) is 0 Å². The van der Waals surface area contributed by atoms with Crippen molar-refractivity contribution < 1.29 is 19.8 Å². The number of pyridine rings is 2. The van der Waals surface area contributed by atoms with Crippen LogP contribution in [0.5, 0.6) is 0 Å². The van der Waals surface area contributed by atoms with E-state index in [1.165, 1.54) is 0 Å². The van der Waals surface area contributed by atoms with Gasteiger partial charge in [-0.05, 0) is 36.8 Å². The van der Waals surface area contributed by atoms with Crippen LogP contribution in [0.15, 0.2) is 42.7 Å². The number of carbonyl (C=O) groups excluding carboxylic acids is 1. The normalized spacial score (nSPS) is 13.2. The van der Waals surface area contributed by atoms with Gasteiger partial charge >= 0.3 is 57.5 Å². The Morgan fingerprint density at radius 3 is 2.75 bits per heavy atom. The van der Waals surface area contributed by atoms with E-state index in [2.05, 4.69) is 30.5 Å². The molecule has 1 amide bonds. The molecule has 0 unspecified atom stereocenters. The van der Waals surface area contributed by atoms with Crippen molar-refractivity contribution in [3.05, 3.63) is 53.3 Å². The van der Waals surface area contributed by atoms with Crippen LogP contribution in [0.1, 0.15) is 10.6 Å². The van der Waals surface area contributed by atoms with Gasteiger partial charge in [0.2, 0.25) is 5.91 Å². The van der Waals surface area contributed by atoms with E-state index >= 15 is 0 Å². The zero-order valence-electron chi connectivity index (χ0n) is 16.8. The molecule has 3 aromatic heterocycles. The minimum absolute atomic E-state index is 0. The fourth-order valence-electron chi connectivity index (χ4n) is 2.90. The average Bonchev–Trinajstić information content (AvgIpc) is 3.16. The number of hydrogen-bond donors (Lipinski definition) is 4. The first-order valence-electron chi connectivity index (χ1n) is 9.42. The van der Waals surface area contributed by atoms with Crippen LogP contribution in [0.3, 0.4) is 0 Å². The molecule has 1 aliphatic rings. The number of carboxylic acid groups (broad SMARTS) is 2. The average molecular weight is 483 g/mol. The molecule has 4 rings (SSSR count). The molecular formula is C20H23KN6O4S. The summed E-state index contributed by atoms with van der Waals surface area (Å²) >= 11 is 1.61. The summed E-state index contributed by atoms with van der Waals surface area (Å²) in [6.45, 7) is 4.68. The number of carbonyl (C=O) groups is 2. The molecule has 0 atom stereocenters. The Morgan fingerprint density at radius 1 is 1.25 bits per heavy atom. The van der Waals surface area contributed by atoms with E-state index in [-0.39, 0.29) is 57.3 Å². The SMILES string of the molecule is Cc1ccnc(Nc2cccc(-c3cnc(CN4CCNC(=O)C4)s3)n2)c1.O=C(O)O.[KH]. The molecule has 0 aliphatic carbocycles. The molecule has 3 aromatic rings. The molecule has 1 saturated heterocycles. The number of amides is 1. The predicted octanol–water partition coefficient (Wildman–Crippen LogP) is 2.16. The summed E-state index contributed by atoms with van der Waals surface area (Å²) in [4.78, 5) is 36.7. The van der Waals surface area contributed by atoms with Gasteiger partial charge in [0, 0.05) is 25.5 Å². The number of aromatic nitrogens is 3. The van der Waals surface area contributed by atoms with Crippen molar-refractivity contribution in [2.24, 2.45) is 0 Å². The number of nitrogens with one attached hydrogen (secondary N) is 2. The number of nitrogens with zero attached hydrogens (tertiary/aromatic N) is 4. The second-order valence-electron chi connectivity index (χ2n) is 6.71. The zero-order valence-corrected chi connectivity index (χ0v) is 17.6. The quantitative estimate of drug-likeness (QED) is 0.403. The summed E-state index contributed by atoms with van der Waals surface area (Å²) < 4.78 is 0. The molecule has 1 fully saturated rings. The Bertz CT molecular complexity index is 1060. The third-order valence-corrected chi connectivity index (χ3v) is 5.21. The van der Waals surface area contributed by atoms with Crippen LogP contribution in [0.25, 0.3) is 10.6 Å². The molecule has 4 heterocycles. The summed E-state index contributed by atoms with van der Waals surface area (Å²) in [6, 6.07) is 9.80. The van der Waals surface area contributed by atoms with Crippen molar-refractivity contribution in [3.8, 4) is 10.6 Å². The second-order valence-corrected chi connectivity index (χ2v) is 7.83. The van der Waals surface area contributed by atoms with E-state index in [4.69, 9.17) is 15.0 Å². The molecule has 0 spiro atoms. The standard InChI is InChI=1S/C19H20N6OS.CH2O3.K.H/c1-13-5-6-20-17(9-13)24-16-4-2-3-14(23-16)15-10-22-19(27-15)12-25-8-7-21-18(26)11-25;2-1(3)4;;/h2-6,9-10H,7-8,11-12H2,1H3,(H,21,26)(H,20,23,24);(H2,2,3,4);;. The van der Waals surface area contributed by atoms with Gasteiger partial charge in [-0.1, -0.05) is 6.07 Å². The molecule has 0 aromatic carbocycles. The molecule has 4 N–H and O–H groups in total. The van der Waals surface area contributed by atoms with E-state index in [1.54, 1.807) is 17.5 Å². The van der Waals surface area contributed by atoms with E-state index < -0.39 is 6.16 Å². The van der Waals surface area contributed by atoms with Gasteiger partial charge in [-0.15, -0.1) is 11.3 Å². The molecule has 12 heteroatoms. The van der Waals surface area contributed by atoms with Gasteiger partial charge in [-0.2, -0.15) is 0 Å². The van der Waals surface area contributed by atoms with E-state index in [0.717, 1.165) is 39.3 Å². The van der Waals surface area contributed by atoms with E-state index in [9.17, 15) is 4.79 Å². The number of anilines is 2. The van der Waals surface area contributed by atoms with Crippen LogP contribution >= 0.6 is 11.3 Å². The summed E-state index contributed by atoms with van der Waals surface area (Å²) in [6.07, 6.45) is 1.79. The van der Waals surface area contributed by atoms with Crippen LogP contribution in [0.4, 0.5) is 16.4 Å². The van der Waals surface area contributed by atoms with E-state index in [1.807, 2.05) is 43.5 Å². The Hall–Kier alpha value is -1.93. The number of piperazine rings is 1. The van der Waals surface area contributed by atoms with Gasteiger partial charge in [-0.3, -0.25) is 9.69 Å². The molecule has 10 nitrogen and oxygen atoms in total. The Balaban J connectivity index is 0.000000672. The Morgan fingerprint density at radius 2 is 2.03 bits per heavy atom. The summed E-state index contributed by atoms with van der Waals surface area (Å²) in [7, 11) is 0. The first-order chi connectivity index (χ1) is 14.9. The molecule has 1 aliphatic heterocycles. The van der Waals surface area contributed by atoms with Crippen LogP contribution in [-0.4, -0.2) is 113 Å². The fraction of sp³-hybridized carbons (Fsp3) is 0.250. The summed E-state index contributed by atoms with van der Waals surface area (Å²) in [5, 5.41) is 21.0. The molecule has 0 saturated carbocycles. The van der Waals surface area contributed by atoms with Crippen LogP contribution in [-0.2, 0) is 11.3 Å². The number of rotatable bonds is 5. The molecule has 164 valence electrons. The zero-order chi connectivity index (χ0) is 22.2. The fourth-order valence-corrected chi connectivity index (χ4v) is 3.83. The van der Waals surface area contributed by atoms with Crippen LogP contribution < -0.4 is 10.6 Å². The van der Waals surface area contributed by atoms with Gasteiger partial charge in [0.25, 0.3) is 0 Å². The molecule has 0 bridgehead atoms. The van der Waals surface area contributed by atoms with Gasteiger partial charge in [0.05, 0.1) is 23.7 Å². The number of thiazole rings is 1. The number of hydrogen-bond acceptors (Lipinski definition) is 8. The van der Waals surface area contributed by atoms with Crippen molar-refractivity contribution in [1.29, 1.82) is 0 Å². The van der Waals surface area contributed by atoms with Gasteiger partial charge in [-0.25, -0.2) is 19.7 Å². The second kappa shape index (κ2) is 12.9. The Labute approximate surface area is 231 Å². The monoisotopic (exact) mass is 482 g/mol. The van der Waals surface area contributed by atoms with Gasteiger partial charge in [0.1, 0.15) is 16.6 Å². The minimum atomic E-state index is -1.83. The van der Waals surface area contributed by atoms with Crippen molar-refractivity contribution in [2.75, 3.05) is 25.0 Å². The summed E-state index contributed by atoms with van der Waals surface area (Å²) in [5.41, 5.74) is 2.01. The maximum atomic E-state index is 11.5. The van der Waals surface area contributed by atoms with Crippen molar-refractivity contribution in [3.63, 3.8) is 0 Å². The van der Waals surface area contributed by atoms with Crippen LogP contribution in [0, 0.1) is 6.92 Å². The topological polar surface area (TPSA) is 141 Å². The first-order valence-corrected chi connectivity index (χ1v) is 10.2. The first kappa shape index (κ1) is 26.3. The van der Waals surface area contributed by atoms with Crippen LogP contribution in [0.2, 0.25) is 0 Å². The molecular weight excluding hydrogens is 459 g/mol. The summed E-state index contributed by atoms with van der Waals surface area (Å²) in [5.74, 6) is 1.59. The van der Waals surface area contributed by atoms with Crippen molar-refractivity contribution in [2.45, 2.75) is 13.5 Å². The molecule has 0 radical (unpaired) electrons. The maximum absolute atomic E-state index is 11.5. The third-order valence-electron chi connectivity index (χ3n) is 4.20. The van der Waals surface area contributed by atoms with Crippen molar-refractivity contribution in [1.82, 2.24) is 25.2 Å². The molecule has 32 heavy (non-hydrogen) atoms. The Kier molecular flexibility index (Phi) is 10.6.